The van der Waals surface area contributed by atoms with Gasteiger partial charge in [-0.1, -0.05) is 0 Å². The molecule has 0 bridgehead atoms. The van der Waals surface area contributed by atoms with Gasteiger partial charge in [-0.2, -0.15) is 0 Å². The van der Waals surface area contributed by atoms with Crippen LogP contribution in [0.4, 0.5) is 0 Å². The van der Waals surface area contributed by atoms with E-state index in [1.165, 1.54) is 6.92 Å². The molecule has 0 aromatic heterocycles. The standard InChI is InChI=1S/C12H20N2O3/c1-9(15)14-7-11(8-14)12(16)13-6-10-2-4-17-5-3-10/h10-11H,2-8H2,1H3,(H,13,16). The molecule has 2 saturated heterocycles. The van der Waals surface area contributed by atoms with Gasteiger partial charge in [-0.15, -0.1) is 0 Å². The molecule has 0 spiro atoms. The van der Waals surface area contributed by atoms with Crippen molar-refractivity contribution in [3.63, 3.8) is 0 Å². The van der Waals surface area contributed by atoms with Gasteiger partial charge >= 0.3 is 0 Å². The van der Waals surface area contributed by atoms with Crippen molar-refractivity contribution >= 4 is 11.8 Å². The molecule has 0 radical (unpaired) electrons. The lowest BCUT2D eigenvalue weighted by Gasteiger charge is -2.37. The zero-order valence-electron chi connectivity index (χ0n) is 10.3. The second-order valence-corrected chi connectivity index (χ2v) is 4.92. The van der Waals surface area contributed by atoms with Gasteiger partial charge in [-0.25, -0.2) is 0 Å². The maximum absolute atomic E-state index is 11.8. The number of amides is 2. The monoisotopic (exact) mass is 240 g/mol. The lowest BCUT2D eigenvalue weighted by molar-refractivity contribution is -0.141. The fourth-order valence-corrected chi connectivity index (χ4v) is 2.24. The highest BCUT2D eigenvalue weighted by atomic mass is 16.5. The summed E-state index contributed by atoms with van der Waals surface area (Å²) < 4.78 is 5.27. The molecular weight excluding hydrogens is 220 g/mol. The zero-order valence-corrected chi connectivity index (χ0v) is 10.3. The first kappa shape index (κ1) is 12.4. The van der Waals surface area contributed by atoms with Gasteiger partial charge in [0.1, 0.15) is 0 Å². The largest absolute Gasteiger partial charge is 0.381 e. The maximum Gasteiger partial charge on any atom is 0.226 e. The molecule has 0 aliphatic carbocycles. The van der Waals surface area contributed by atoms with E-state index in [1.54, 1.807) is 4.90 Å². The second kappa shape index (κ2) is 5.49. The Morgan fingerprint density at radius 2 is 1.94 bits per heavy atom. The number of hydrogen-bond acceptors (Lipinski definition) is 3. The van der Waals surface area contributed by atoms with E-state index in [2.05, 4.69) is 5.32 Å². The van der Waals surface area contributed by atoms with Gasteiger partial charge in [-0.3, -0.25) is 9.59 Å². The SMILES string of the molecule is CC(=O)N1CC(C(=O)NCC2CCOCC2)C1. The molecule has 1 N–H and O–H groups in total. The Balaban J connectivity index is 1.63. The van der Waals surface area contributed by atoms with E-state index in [-0.39, 0.29) is 17.7 Å². The summed E-state index contributed by atoms with van der Waals surface area (Å²) in [6.07, 6.45) is 2.06. The van der Waals surface area contributed by atoms with Crippen molar-refractivity contribution in [1.29, 1.82) is 0 Å². The normalized spacial score (nSPS) is 22.1. The van der Waals surface area contributed by atoms with Crippen molar-refractivity contribution in [2.45, 2.75) is 19.8 Å². The summed E-state index contributed by atoms with van der Waals surface area (Å²) in [6, 6.07) is 0. The molecule has 2 aliphatic heterocycles. The molecular formula is C12H20N2O3. The van der Waals surface area contributed by atoms with Crippen LogP contribution in [0, 0.1) is 11.8 Å². The summed E-state index contributed by atoms with van der Waals surface area (Å²) in [5.74, 6) is 0.697. The number of rotatable bonds is 3. The zero-order chi connectivity index (χ0) is 12.3. The van der Waals surface area contributed by atoms with Crippen molar-refractivity contribution in [2.24, 2.45) is 11.8 Å². The summed E-state index contributed by atoms with van der Waals surface area (Å²) in [5, 5.41) is 2.98. The molecule has 0 saturated carbocycles. The average Bonchev–Trinajstić information content (AvgIpc) is 2.25. The molecule has 2 heterocycles. The van der Waals surface area contributed by atoms with Crippen LogP contribution in [0.1, 0.15) is 19.8 Å². The van der Waals surface area contributed by atoms with Crippen molar-refractivity contribution in [1.82, 2.24) is 10.2 Å². The van der Waals surface area contributed by atoms with E-state index in [1.807, 2.05) is 0 Å². The Morgan fingerprint density at radius 1 is 1.29 bits per heavy atom. The number of nitrogens with zero attached hydrogens (tertiary/aromatic N) is 1. The van der Waals surface area contributed by atoms with Crippen LogP contribution in [-0.2, 0) is 14.3 Å². The Labute approximate surface area is 101 Å². The second-order valence-electron chi connectivity index (χ2n) is 4.92. The lowest BCUT2D eigenvalue weighted by atomic mass is 9.97. The van der Waals surface area contributed by atoms with E-state index >= 15 is 0 Å². The highest BCUT2D eigenvalue weighted by Gasteiger charge is 2.34. The lowest BCUT2D eigenvalue weighted by Crippen LogP contribution is -2.55. The summed E-state index contributed by atoms with van der Waals surface area (Å²) in [4.78, 5) is 24.4. The minimum Gasteiger partial charge on any atom is -0.381 e. The van der Waals surface area contributed by atoms with E-state index in [0.717, 1.165) is 32.6 Å². The van der Waals surface area contributed by atoms with Crippen LogP contribution < -0.4 is 5.32 Å². The molecule has 5 heteroatoms. The number of carbonyl (C=O) groups is 2. The molecule has 0 aromatic rings. The Morgan fingerprint density at radius 3 is 2.53 bits per heavy atom. The van der Waals surface area contributed by atoms with Crippen LogP contribution in [0.3, 0.4) is 0 Å². The van der Waals surface area contributed by atoms with Crippen LogP contribution in [-0.4, -0.2) is 49.6 Å². The first-order valence-electron chi connectivity index (χ1n) is 6.28. The molecule has 0 unspecified atom stereocenters. The Bertz CT molecular complexity index is 294. The van der Waals surface area contributed by atoms with Crippen LogP contribution in [0.25, 0.3) is 0 Å². The fraction of sp³-hybridized carbons (Fsp3) is 0.833. The molecule has 5 nitrogen and oxygen atoms in total. The Kier molecular flexibility index (Phi) is 3.99. The minimum absolute atomic E-state index is 0.00117. The van der Waals surface area contributed by atoms with Crippen LogP contribution in [0.5, 0.6) is 0 Å². The highest BCUT2D eigenvalue weighted by molar-refractivity contribution is 5.83. The predicted octanol–water partition coefficient (Wildman–Crippen LogP) is 0.00750. The third kappa shape index (κ3) is 3.19. The van der Waals surface area contributed by atoms with E-state index in [0.29, 0.717) is 19.0 Å². The van der Waals surface area contributed by atoms with Crippen molar-refractivity contribution < 1.29 is 14.3 Å². The Hall–Kier alpha value is -1.10. The number of likely N-dealkylation sites (tertiary alicyclic amines) is 1. The molecule has 96 valence electrons. The van der Waals surface area contributed by atoms with E-state index in [4.69, 9.17) is 4.74 Å². The van der Waals surface area contributed by atoms with Gasteiger partial charge in [0.2, 0.25) is 11.8 Å². The molecule has 2 fully saturated rings. The molecule has 0 atom stereocenters. The first-order valence-corrected chi connectivity index (χ1v) is 6.28. The predicted molar refractivity (Wildman–Crippen MR) is 62.3 cm³/mol. The van der Waals surface area contributed by atoms with Crippen molar-refractivity contribution in [3.8, 4) is 0 Å². The van der Waals surface area contributed by atoms with Crippen molar-refractivity contribution in [2.75, 3.05) is 32.8 Å². The van der Waals surface area contributed by atoms with E-state index in [9.17, 15) is 9.59 Å². The smallest absolute Gasteiger partial charge is 0.226 e. The van der Waals surface area contributed by atoms with Crippen LogP contribution in [0.15, 0.2) is 0 Å². The molecule has 2 aliphatic rings. The summed E-state index contributed by atoms with van der Waals surface area (Å²) in [5.41, 5.74) is 0. The van der Waals surface area contributed by atoms with Gasteiger partial charge in [-0.05, 0) is 18.8 Å². The fourth-order valence-electron chi connectivity index (χ4n) is 2.24. The van der Waals surface area contributed by atoms with Crippen molar-refractivity contribution in [3.05, 3.63) is 0 Å². The molecule has 2 amide bonds. The van der Waals surface area contributed by atoms with Gasteiger partial charge in [0, 0.05) is 39.8 Å². The van der Waals surface area contributed by atoms with Crippen LogP contribution in [0.2, 0.25) is 0 Å². The van der Waals surface area contributed by atoms with Gasteiger partial charge in [0.05, 0.1) is 5.92 Å². The number of nitrogens with one attached hydrogen (secondary N) is 1. The van der Waals surface area contributed by atoms with Gasteiger partial charge < -0.3 is 15.0 Å². The number of ether oxygens (including phenoxy) is 1. The molecule has 0 aromatic carbocycles. The average molecular weight is 240 g/mol. The summed E-state index contributed by atoms with van der Waals surface area (Å²) in [6.45, 7) is 5.06. The van der Waals surface area contributed by atoms with Gasteiger partial charge in [0.15, 0.2) is 0 Å². The molecule has 17 heavy (non-hydrogen) atoms. The highest BCUT2D eigenvalue weighted by Crippen LogP contribution is 2.17. The van der Waals surface area contributed by atoms with Crippen LogP contribution >= 0.6 is 0 Å². The van der Waals surface area contributed by atoms with Gasteiger partial charge in [0.25, 0.3) is 0 Å². The maximum atomic E-state index is 11.8. The van der Waals surface area contributed by atoms with E-state index < -0.39 is 0 Å². The minimum atomic E-state index is -0.00117. The quantitative estimate of drug-likeness (QED) is 0.756. The number of hydrogen-bond donors (Lipinski definition) is 1. The number of carbonyl (C=O) groups excluding carboxylic acids is 2. The summed E-state index contributed by atoms with van der Waals surface area (Å²) >= 11 is 0. The topological polar surface area (TPSA) is 58.6 Å². The summed E-state index contributed by atoms with van der Waals surface area (Å²) in [7, 11) is 0. The third-order valence-electron chi connectivity index (χ3n) is 3.60. The third-order valence-corrected chi connectivity index (χ3v) is 3.60. The molecule has 2 rings (SSSR count). The first-order chi connectivity index (χ1) is 8.16.